The second kappa shape index (κ2) is 6.55. The second-order valence-corrected chi connectivity index (χ2v) is 6.16. The Balaban J connectivity index is 1.80. The summed E-state index contributed by atoms with van der Waals surface area (Å²) in [6.45, 7) is 14.7. The van der Waals surface area contributed by atoms with Gasteiger partial charge in [-0.25, -0.2) is 0 Å². The fourth-order valence-corrected chi connectivity index (χ4v) is 3.00. The number of aryl methyl sites for hydroxylation is 2. The maximum absolute atomic E-state index is 4.48. The largest absolute Gasteiger partial charge is 0.310 e. The van der Waals surface area contributed by atoms with Gasteiger partial charge in [-0.1, -0.05) is 12.2 Å². The number of rotatable bonds is 5. The van der Waals surface area contributed by atoms with Gasteiger partial charge in [0.2, 0.25) is 0 Å². The Labute approximate surface area is 122 Å². The molecule has 4 nitrogen and oxygen atoms in total. The molecule has 0 bridgehead atoms. The topological polar surface area (TPSA) is 33.1 Å². The number of aromatic nitrogens is 2. The van der Waals surface area contributed by atoms with Crippen LogP contribution >= 0.6 is 0 Å². The zero-order chi connectivity index (χ0) is 14.7. The Kier molecular flexibility index (Phi) is 5.00. The minimum absolute atomic E-state index is 0.635. The summed E-state index contributed by atoms with van der Waals surface area (Å²) >= 11 is 0. The van der Waals surface area contributed by atoms with Gasteiger partial charge in [-0.15, -0.1) is 0 Å². The molecule has 1 aromatic heterocycles. The monoisotopic (exact) mass is 276 g/mol. The van der Waals surface area contributed by atoms with Crippen molar-refractivity contribution in [2.24, 2.45) is 7.05 Å². The standard InChI is InChI=1S/C16H28N4/c1-12(2)11-20-8-6-15(7-9-20)17-10-16-13(3)18-19(5)14(16)4/h15,17H,1,6-11H2,2-5H3. The lowest BCUT2D eigenvalue weighted by atomic mass is 10.0. The molecule has 0 spiro atoms. The van der Waals surface area contributed by atoms with Gasteiger partial charge in [0.15, 0.2) is 0 Å². The van der Waals surface area contributed by atoms with E-state index in [9.17, 15) is 0 Å². The fraction of sp³-hybridized carbons (Fsp3) is 0.688. The summed E-state index contributed by atoms with van der Waals surface area (Å²) in [4.78, 5) is 2.50. The van der Waals surface area contributed by atoms with Crippen LogP contribution in [0.1, 0.15) is 36.7 Å². The van der Waals surface area contributed by atoms with Crippen LogP contribution in [0.3, 0.4) is 0 Å². The summed E-state index contributed by atoms with van der Waals surface area (Å²) in [7, 11) is 2.02. The Bertz CT molecular complexity index is 467. The molecule has 0 aliphatic carbocycles. The molecule has 0 amide bonds. The van der Waals surface area contributed by atoms with Crippen LogP contribution in [0.15, 0.2) is 12.2 Å². The van der Waals surface area contributed by atoms with E-state index in [2.05, 4.69) is 42.7 Å². The van der Waals surface area contributed by atoms with Gasteiger partial charge in [0.1, 0.15) is 0 Å². The van der Waals surface area contributed by atoms with Gasteiger partial charge >= 0.3 is 0 Å². The van der Waals surface area contributed by atoms with Gasteiger partial charge in [-0.2, -0.15) is 5.10 Å². The molecule has 1 aromatic rings. The third-order valence-corrected chi connectivity index (χ3v) is 4.31. The molecule has 1 fully saturated rings. The molecule has 1 aliphatic heterocycles. The van der Waals surface area contributed by atoms with Crippen molar-refractivity contribution in [2.75, 3.05) is 19.6 Å². The van der Waals surface area contributed by atoms with Crippen molar-refractivity contribution in [3.8, 4) is 0 Å². The van der Waals surface area contributed by atoms with Gasteiger partial charge in [0.05, 0.1) is 5.69 Å². The highest BCUT2D eigenvalue weighted by molar-refractivity contribution is 5.24. The maximum Gasteiger partial charge on any atom is 0.0641 e. The van der Waals surface area contributed by atoms with Crippen molar-refractivity contribution in [3.63, 3.8) is 0 Å². The highest BCUT2D eigenvalue weighted by atomic mass is 15.3. The van der Waals surface area contributed by atoms with Crippen LogP contribution in [0.4, 0.5) is 0 Å². The zero-order valence-electron chi connectivity index (χ0n) is 13.4. The SMILES string of the molecule is C=C(C)CN1CCC(NCc2c(C)nn(C)c2C)CC1. The highest BCUT2D eigenvalue weighted by Gasteiger charge is 2.19. The van der Waals surface area contributed by atoms with E-state index in [0.29, 0.717) is 6.04 Å². The molecule has 112 valence electrons. The minimum Gasteiger partial charge on any atom is -0.310 e. The lowest BCUT2D eigenvalue weighted by molar-refractivity contribution is 0.211. The van der Waals surface area contributed by atoms with Crippen LogP contribution < -0.4 is 5.32 Å². The molecule has 0 saturated carbocycles. The van der Waals surface area contributed by atoms with E-state index in [-0.39, 0.29) is 0 Å². The summed E-state index contributed by atoms with van der Waals surface area (Å²) in [5.41, 5.74) is 5.04. The number of nitrogens with zero attached hydrogens (tertiary/aromatic N) is 3. The fourth-order valence-electron chi connectivity index (χ4n) is 3.00. The first kappa shape index (κ1) is 15.3. The number of hydrogen-bond acceptors (Lipinski definition) is 3. The molecule has 2 heterocycles. The van der Waals surface area contributed by atoms with Crippen molar-refractivity contribution in [1.29, 1.82) is 0 Å². The summed E-state index contributed by atoms with van der Waals surface area (Å²) in [5.74, 6) is 0. The Morgan fingerprint density at radius 1 is 1.35 bits per heavy atom. The molecule has 1 saturated heterocycles. The molecule has 1 N–H and O–H groups in total. The number of nitrogens with one attached hydrogen (secondary N) is 1. The molecule has 0 aromatic carbocycles. The van der Waals surface area contributed by atoms with Crippen molar-refractivity contribution < 1.29 is 0 Å². The first-order chi connectivity index (χ1) is 9.47. The van der Waals surface area contributed by atoms with E-state index < -0.39 is 0 Å². The minimum atomic E-state index is 0.635. The molecule has 0 atom stereocenters. The van der Waals surface area contributed by atoms with Gasteiger partial charge in [0, 0.05) is 37.4 Å². The van der Waals surface area contributed by atoms with Crippen LogP contribution in [0.2, 0.25) is 0 Å². The lowest BCUT2D eigenvalue weighted by Crippen LogP contribution is -2.42. The third kappa shape index (κ3) is 3.70. The Morgan fingerprint density at radius 3 is 2.50 bits per heavy atom. The van der Waals surface area contributed by atoms with Crippen LogP contribution in [0.5, 0.6) is 0 Å². The van der Waals surface area contributed by atoms with Crippen molar-refractivity contribution in [3.05, 3.63) is 29.1 Å². The Hall–Kier alpha value is -1.13. The average Bonchev–Trinajstić information content (AvgIpc) is 2.62. The molecule has 4 heteroatoms. The van der Waals surface area contributed by atoms with Gasteiger partial charge in [0.25, 0.3) is 0 Å². The molecular formula is C16H28N4. The first-order valence-corrected chi connectivity index (χ1v) is 7.56. The number of piperidine rings is 1. The number of likely N-dealkylation sites (tertiary alicyclic amines) is 1. The van der Waals surface area contributed by atoms with E-state index in [4.69, 9.17) is 0 Å². The zero-order valence-corrected chi connectivity index (χ0v) is 13.4. The second-order valence-electron chi connectivity index (χ2n) is 6.16. The molecular weight excluding hydrogens is 248 g/mol. The predicted molar refractivity (Wildman–Crippen MR) is 83.8 cm³/mol. The van der Waals surface area contributed by atoms with E-state index in [1.54, 1.807) is 0 Å². The van der Waals surface area contributed by atoms with Crippen LogP contribution in [0, 0.1) is 13.8 Å². The van der Waals surface area contributed by atoms with E-state index in [1.165, 1.54) is 42.8 Å². The van der Waals surface area contributed by atoms with Crippen molar-refractivity contribution in [1.82, 2.24) is 20.0 Å². The molecule has 0 radical (unpaired) electrons. The highest BCUT2D eigenvalue weighted by Crippen LogP contribution is 2.15. The van der Waals surface area contributed by atoms with Crippen LogP contribution in [-0.2, 0) is 13.6 Å². The summed E-state index contributed by atoms with van der Waals surface area (Å²) in [6, 6.07) is 0.635. The van der Waals surface area contributed by atoms with Crippen molar-refractivity contribution >= 4 is 0 Å². The van der Waals surface area contributed by atoms with Crippen molar-refractivity contribution in [2.45, 2.75) is 46.2 Å². The average molecular weight is 276 g/mol. The third-order valence-electron chi connectivity index (χ3n) is 4.31. The predicted octanol–water partition coefficient (Wildman–Crippen LogP) is 2.17. The van der Waals surface area contributed by atoms with E-state index >= 15 is 0 Å². The van der Waals surface area contributed by atoms with Gasteiger partial charge in [-0.3, -0.25) is 9.58 Å². The molecule has 20 heavy (non-hydrogen) atoms. The smallest absolute Gasteiger partial charge is 0.0641 e. The van der Waals surface area contributed by atoms with E-state index in [0.717, 1.165) is 18.8 Å². The first-order valence-electron chi connectivity index (χ1n) is 7.56. The molecule has 2 rings (SSSR count). The molecule has 1 aliphatic rings. The normalized spacial score (nSPS) is 17.6. The quantitative estimate of drug-likeness (QED) is 0.837. The Morgan fingerprint density at radius 2 is 2.00 bits per heavy atom. The lowest BCUT2D eigenvalue weighted by Gasteiger charge is -2.32. The summed E-state index contributed by atoms with van der Waals surface area (Å²) in [6.07, 6.45) is 2.46. The van der Waals surface area contributed by atoms with Gasteiger partial charge < -0.3 is 5.32 Å². The van der Waals surface area contributed by atoms with Gasteiger partial charge in [-0.05, 0) is 46.7 Å². The number of hydrogen-bond donors (Lipinski definition) is 1. The van der Waals surface area contributed by atoms with Crippen LogP contribution in [-0.4, -0.2) is 40.4 Å². The molecule has 0 unspecified atom stereocenters. The summed E-state index contributed by atoms with van der Waals surface area (Å²) in [5, 5.41) is 8.18. The maximum atomic E-state index is 4.48. The van der Waals surface area contributed by atoms with E-state index in [1.807, 2.05) is 11.7 Å². The van der Waals surface area contributed by atoms with Crippen LogP contribution in [0.25, 0.3) is 0 Å². The summed E-state index contributed by atoms with van der Waals surface area (Å²) < 4.78 is 1.97.